The molecule has 0 unspecified atom stereocenters. The maximum atomic E-state index is 7.41. The van der Waals surface area contributed by atoms with Crippen LogP contribution in [0.25, 0.3) is 0 Å². The molecule has 0 aliphatic carbocycles. The maximum absolute atomic E-state index is 7.41. The molecule has 0 saturated carbocycles. The lowest BCUT2D eigenvalue weighted by molar-refractivity contribution is 0.289. The van der Waals surface area contributed by atoms with Crippen LogP contribution in [-0.2, 0) is 6.61 Å². The molecule has 0 atom stereocenters. The van der Waals surface area contributed by atoms with Crippen LogP contribution < -0.4 is 10.5 Å². The Labute approximate surface area is 113 Å². The van der Waals surface area contributed by atoms with Gasteiger partial charge in [0.1, 0.15) is 12.4 Å². The molecule has 0 bridgehead atoms. The van der Waals surface area contributed by atoms with Gasteiger partial charge in [-0.15, -0.1) is 5.10 Å². The van der Waals surface area contributed by atoms with Crippen molar-refractivity contribution in [1.29, 1.82) is 5.41 Å². The van der Waals surface area contributed by atoms with Crippen LogP contribution >= 0.6 is 15.9 Å². The van der Waals surface area contributed by atoms with Gasteiger partial charge in [-0.05, 0) is 23.8 Å². The normalized spacial score (nSPS) is 10.1. The lowest BCUT2D eigenvalue weighted by atomic mass is 10.2. The molecule has 0 saturated heterocycles. The van der Waals surface area contributed by atoms with Gasteiger partial charge in [-0.25, -0.2) is 0 Å². The summed E-state index contributed by atoms with van der Waals surface area (Å²) in [5.41, 5.74) is 6.88. The van der Waals surface area contributed by atoms with E-state index in [-0.39, 0.29) is 11.7 Å². The average Bonchev–Trinajstić information content (AvgIpc) is 2.38. The molecule has 1 heterocycles. The summed E-state index contributed by atoms with van der Waals surface area (Å²) in [5, 5.41) is 15.0. The molecule has 5 nitrogen and oxygen atoms in total. The van der Waals surface area contributed by atoms with Gasteiger partial charge in [0, 0.05) is 4.47 Å². The molecule has 1 aromatic heterocycles. The lowest BCUT2D eigenvalue weighted by Gasteiger charge is -2.08. The molecule has 2 aromatic rings. The van der Waals surface area contributed by atoms with Crippen LogP contribution in [-0.4, -0.2) is 16.0 Å². The lowest BCUT2D eigenvalue weighted by Crippen LogP contribution is -2.14. The van der Waals surface area contributed by atoms with E-state index in [1.807, 2.05) is 24.3 Å². The van der Waals surface area contributed by atoms with Gasteiger partial charge in [-0.1, -0.05) is 28.1 Å². The predicted octanol–water partition coefficient (Wildman–Crippen LogP) is 2.10. The zero-order valence-electron chi connectivity index (χ0n) is 9.43. The monoisotopic (exact) mass is 306 g/mol. The predicted molar refractivity (Wildman–Crippen MR) is 71.5 cm³/mol. The van der Waals surface area contributed by atoms with Gasteiger partial charge in [0.15, 0.2) is 0 Å². The number of rotatable bonds is 4. The van der Waals surface area contributed by atoms with E-state index < -0.39 is 0 Å². The molecule has 0 radical (unpaired) electrons. The molecule has 0 fully saturated rings. The summed E-state index contributed by atoms with van der Waals surface area (Å²) in [6, 6.07) is 9.34. The van der Waals surface area contributed by atoms with Crippen molar-refractivity contribution >= 4 is 21.8 Å². The summed E-state index contributed by atoms with van der Waals surface area (Å²) < 4.78 is 6.52. The number of nitrogens with zero attached hydrogens (tertiary/aromatic N) is 2. The summed E-state index contributed by atoms with van der Waals surface area (Å²) in [5.74, 6) is 0.184. The molecule has 3 N–H and O–H groups in total. The fraction of sp³-hybridized carbons (Fsp3) is 0.0833. The van der Waals surface area contributed by atoms with Crippen LogP contribution in [0.5, 0.6) is 5.88 Å². The van der Waals surface area contributed by atoms with Crippen LogP contribution in [0.3, 0.4) is 0 Å². The Morgan fingerprint density at radius 2 is 2.00 bits per heavy atom. The SMILES string of the molecule is N=C(N)c1ccnnc1OCc1ccc(Br)cc1. The van der Waals surface area contributed by atoms with Gasteiger partial charge in [-0.2, -0.15) is 5.10 Å². The van der Waals surface area contributed by atoms with Gasteiger partial charge in [0.2, 0.25) is 5.88 Å². The van der Waals surface area contributed by atoms with E-state index in [1.165, 1.54) is 6.20 Å². The van der Waals surface area contributed by atoms with E-state index in [0.717, 1.165) is 10.0 Å². The Balaban J connectivity index is 2.10. The summed E-state index contributed by atoms with van der Waals surface area (Å²) in [4.78, 5) is 0. The Hall–Kier alpha value is -1.95. The third-order valence-electron chi connectivity index (χ3n) is 2.27. The third-order valence-corrected chi connectivity index (χ3v) is 2.79. The molecule has 0 aliphatic heterocycles. The molecule has 0 aliphatic rings. The van der Waals surface area contributed by atoms with Crippen molar-refractivity contribution in [2.24, 2.45) is 5.73 Å². The van der Waals surface area contributed by atoms with E-state index in [4.69, 9.17) is 15.9 Å². The second-order valence-corrected chi connectivity index (χ2v) is 4.49. The van der Waals surface area contributed by atoms with Crippen molar-refractivity contribution in [2.75, 3.05) is 0 Å². The van der Waals surface area contributed by atoms with E-state index in [1.54, 1.807) is 6.07 Å². The van der Waals surface area contributed by atoms with Crippen LogP contribution in [0.4, 0.5) is 0 Å². The molecule has 6 heteroatoms. The number of ether oxygens (including phenoxy) is 1. The van der Waals surface area contributed by atoms with Crippen molar-refractivity contribution in [3.63, 3.8) is 0 Å². The van der Waals surface area contributed by atoms with E-state index in [2.05, 4.69) is 26.1 Å². The first-order valence-corrected chi connectivity index (χ1v) is 5.99. The minimum atomic E-state index is -0.0873. The van der Waals surface area contributed by atoms with Gasteiger partial charge >= 0.3 is 0 Å². The zero-order chi connectivity index (χ0) is 13.0. The minimum Gasteiger partial charge on any atom is -0.471 e. The second kappa shape index (κ2) is 5.59. The number of hydrogen-bond donors (Lipinski definition) is 2. The smallest absolute Gasteiger partial charge is 0.244 e. The Morgan fingerprint density at radius 3 is 2.67 bits per heavy atom. The molecular formula is C12H11BrN4O. The Morgan fingerprint density at radius 1 is 1.28 bits per heavy atom. The molecule has 92 valence electrons. The van der Waals surface area contributed by atoms with E-state index in [0.29, 0.717) is 12.2 Å². The summed E-state index contributed by atoms with van der Waals surface area (Å²) in [6.45, 7) is 0.353. The van der Waals surface area contributed by atoms with Crippen molar-refractivity contribution in [3.8, 4) is 5.88 Å². The van der Waals surface area contributed by atoms with E-state index >= 15 is 0 Å². The highest BCUT2D eigenvalue weighted by Gasteiger charge is 2.08. The molecule has 0 spiro atoms. The zero-order valence-corrected chi connectivity index (χ0v) is 11.0. The standard InChI is InChI=1S/C12H11BrN4O/c13-9-3-1-8(2-4-9)7-18-12-10(11(14)15)5-6-16-17-12/h1-6H,7H2,(H3,14,15). The summed E-state index contributed by atoms with van der Waals surface area (Å²) in [6.07, 6.45) is 1.48. The van der Waals surface area contributed by atoms with Crippen LogP contribution in [0.1, 0.15) is 11.1 Å². The van der Waals surface area contributed by atoms with Gasteiger partial charge < -0.3 is 10.5 Å². The van der Waals surface area contributed by atoms with Gasteiger partial charge in [-0.3, -0.25) is 5.41 Å². The van der Waals surface area contributed by atoms with Crippen LogP contribution in [0.15, 0.2) is 41.0 Å². The van der Waals surface area contributed by atoms with Gasteiger partial charge in [0.25, 0.3) is 0 Å². The molecule has 2 rings (SSSR count). The number of halogens is 1. The number of benzene rings is 1. The first-order valence-electron chi connectivity index (χ1n) is 5.20. The second-order valence-electron chi connectivity index (χ2n) is 3.58. The fourth-order valence-corrected chi connectivity index (χ4v) is 1.63. The van der Waals surface area contributed by atoms with Crippen molar-refractivity contribution < 1.29 is 4.74 Å². The quantitative estimate of drug-likeness (QED) is 0.669. The summed E-state index contributed by atoms with van der Waals surface area (Å²) >= 11 is 3.36. The van der Waals surface area contributed by atoms with Crippen LogP contribution in [0.2, 0.25) is 0 Å². The van der Waals surface area contributed by atoms with Crippen LogP contribution in [0, 0.1) is 5.41 Å². The number of hydrogen-bond acceptors (Lipinski definition) is 4. The first-order chi connectivity index (χ1) is 8.66. The number of amidine groups is 1. The third kappa shape index (κ3) is 3.04. The molecule has 1 aromatic carbocycles. The molecular weight excluding hydrogens is 296 g/mol. The highest BCUT2D eigenvalue weighted by molar-refractivity contribution is 9.10. The topological polar surface area (TPSA) is 84.9 Å². The number of nitrogen functional groups attached to an aromatic ring is 1. The number of nitrogens with two attached hydrogens (primary N) is 1. The largest absolute Gasteiger partial charge is 0.471 e. The van der Waals surface area contributed by atoms with Gasteiger partial charge in [0.05, 0.1) is 11.8 Å². The number of nitrogens with one attached hydrogen (secondary N) is 1. The van der Waals surface area contributed by atoms with E-state index in [9.17, 15) is 0 Å². The number of aromatic nitrogens is 2. The highest BCUT2D eigenvalue weighted by Crippen LogP contribution is 2.15. The minimum absolute atomic E-state index is 0.0873. The Bertz CT molecular complexity index is 556. The Kier molecular flexibility index (Phi) is 3.88. The average molecular weight is 307 g/mol. The highest BCUT2D eigenvalue weighted by atomic mass is 79.9. The van der Waals surface area contributed by atoms with Crippen molar-refractivity contribution in [1.82, 2.24) is 10.2 Å². The van der Waals surface area contributed by atoms with Crippen molar-refractivity contribution in [3.05, 3.63) is 52.1 Å². The van der Waals surface area contributed by atoms with Crippen molar-refractivity contribution in [2.45, 2.75) is 6.61 Å². The molecule has 18 heavy (non-hydrogen) atoms. The summed E-state index contributed by atoms with van der Waals surface area (Å²) in [7, 11) is 0. The first kappa shape index (κ1) is 12.5. The molecule has 0 amide bonds. The fourth-order valence-electron chi connectivity index (χ4n) is 1.36. The maximum Gasteiger partial charge on any atom is 0.244 e.